The van der Waals surface area contributed by atoms with E-state index >= 15 is 0 Å². The molecule has 0 aliphatic heterocycles. The van der Waals surface area contributed by atoms with Gasteiger partial charge in [-0.2, -0.15) is 0 Å². The lowest BCUT2D eigenvalue weighted by atomic mass is 10.1. The van der Waals surface area contributed by atoms with Gasteiger partial charge in [0.15, 0.2) is 11.6 Å². The molecule has 17 heavy (non-hydrogen) atoms. The van der Waals surface area contributed by atoms with E-state index in [0.717, 1.165) is 25.0 Å². The first kappa shape index (κ1) is 12.0. The predicted molar refractivity (Wildman–Crippen MR) is 57.3 cm³/mol. The van der Waals surface area contributed by atoms with Crippen molar-refractivity contribution in [1.29, 1.82) is 0 Å². The van der Waals surface area contributed by atoms with Gasteiger partial charge >= 0.3 is 0 Å². The number of amides is 1. The van der Waals surface area contributed by atoms with E-state index in [2.05, 4.69) is 5.32 Å². The fourth-order valence-corrected chi connectivity index (χ4v) is 1.65. The van der Waals surface area contributed by atoms with Crippen molar-refractivity contribution in [2.45, 2.75) is 24.8 Å². The normalized spacial score (nSPS) is 16.6. The Labute approximate surface area is 97.5 Å². The first-order valence-electron chi connectivity index (χ1n) is 5.40. The monoisotopic (exact) mass is 241 g/mol. The molecular formula is C12H13F2NO2. The lowest BCUT2D eigenvalue weighted by Crippen LogP contribution is -2.40. The van der Waals surface area contributed by atoms with Crippen molar-refractivity contribution in [3.05, 3.63) is 35.4 Å². The van der Waals surface area contributed by atoms with Gasteiger partial charge in [0.05, 0.1) is 18.6 Å². The number of benzene rings is 1. The number of halogens is 2. The van der Waals surface area contributed by atoms with Gasteiger partial charge in [0.2, 0.25) is 5.91 Å². The maximum Gasteiger partial charge on any atom is 0.224 e. The van der Waals surface area contributed by atoms with Gasteiger partial charge in [-0.25, -0.2) is 8.78 Å². The van der Waals surface area contributed by atoms with Crippen molar-refractivity contribution in [3.63, 3.8) is 0 Å². The molecule has 1 amide bonds. The molecule has 0 aromatic heterocycles. The minimum atomic E-state index is -0.960. The summed E-state index contributed by atoms with van der Waals surface area (Å²) in [6, 6.07) is 3.38. The zero-order valence-corrected chi connectivity index (χ0v) is 9.17. The smallest absolute Gasteiger partial charge is 0.224 e. The molecule has 1 fully saturated rings. The Balaban J connectivity index is 1.96. The van der Waals surface area contributed by atoms with E-state index < -0.39 is 17.2 Å². The molecule has 1 aromatic rings. The molecule has 1 aliphatic rings. The number of carbonyl (C=O) groups is 1. The van der Waals surface area contributed by atoms with E-state index in [4.69, 9.17) is 5.11 Å². The minimum Gasteiger partial charge on any atom is -0.394 e. The Hall–Kier alpha value is -1.49. The number of rotatable bonds is 4. The molecule has 0 radical (unpaired) electrons. The summed E-state index contributed by atoms with van der Waals surface area (Å²) < 4.78 is 25.6. The summed E-state index contributed by atoms with van der Waals surface area (Å²) in [6.07, 6.45) is 1.50. The molecule has 3 nitrogen and oxygen atoms in total. The van der Waals surface area contributed by atoms with Gasteiger partial charge in [0.1, 0.15) is 0 Å². The number of carbonyl (C=O) groups excluding carboxylic acids is 1. The van der Waals surface area contributed by atoms with Gasteiger partial charge in [-0.05, 0) is 30.5 Å². The Bertz CT molecular complexity index is 444. The van der Waals surface area contributed by atoms with E-state index in [-0.39, 0.29) is 18.9 Å². The van der Waals surface area contributed by atoms with Crippen LogP contribution >= 0.6 is 0 Å². The Kier molecular flexibility index (Phi) is 3.11. The number of hydrogen-bond donors (Lipinski definition) is 2. The molecule has 0 heterocycles. The van der Waals surface area contributed by atoms with Crippen LogP contribution < -0.4 is 5.32 Å². The van der Waals surface area contributed by atoms with Crippen LogP contribution in [0.5, 0.6) is 0 Å². The van der Waals surface area contributed by atoms with Gasteiger partial charge in [0.25, 0.3) is 0 Å². The van der Waals surface area contributed by atoms with Crippen molar-refractivity contribution in [3.8, 4) is 0 Å². The maximum atomic E-state index is 12.9. The molecule has 1 aromatic carbocycles. The van der Waals surface area contributed by atoms with Crippen molar-refractivity contribution >= 4 is 5.91 Å². The van der Waals surface area contributed by atoms with Crippen LogP contribution in [0.15, 0.2) is 18.2 Å². The van der Waals surface area contributed by atoms with Crippen molar-refractivity contribution < 1.29 is 18.7 Å². The quantitative estimate of drug-likeness (QED) is 0.830. The van der Waals surface area contributed by atoms with Crippen LogP contribution in [-0.2, 0) is 11.2 Å². The molecule has 92 valence electrons. The lowest BCUT2D eigenvalue weighted by Gasteiger charge is -2.14. The highest BCUT2D eigenvalue weighted by molar-refractivity contribution is 5.79. The van der Waals surface area contributed by atoms with E-state index in [1.165, 1.54) is 6.07 Å². The van der Waals surface area contributed by atoms with Gasteiger partial charge in [0, 0.05) is 0 Å². The average molecular weight is 241 g/mol. The van der Waals surface area contributed by atoms with Gasteiger partial charge in [-0.15, -0.1) is 0 Å². The standard InChI is InChI=1S/C12H13F2NO2/c13-9-2-1-8(5-10(9)14)6-11(17)15-12(7-16)3-4-12/h1-2,5,16H,3-4,6-7H2,(H,15,17). The summed E-state index contributed by atoms with van der Waals surface area (Å²) >= 11 is 0. The summed E-state index contributed by atoms with van der Waals surface area (Å²) in [4.78, 5) is 11.6. The number of hydrogen-bond acceptors (Lipinski definition) is 2. The molecule has 0 spiro atoms. The van der Waals surface area contributed by atoms with E-state index in [0.29, 0.717) is 5.56 Å². The fraction of sp³-hybridized carbons (Fsp3) is 0.417. The molecular weight excluding hydrogens is 228 g/mol. The third kappa shape index (κ3) is 2.79. The Morgan fingerprint density at radius 1 is 1.35 bits per heavy atom. The molecule has 2 N–H and O–H groups in total. The van der Waals surface area contributed by atoms with Gasteiger partial charge in [-0.1, -0.05) is 6.07 Å². The van der Waals surface area contributed by atoms with Crippen LogP contribution in [0.3, 0.4) is 0 Å². The Morgan fingerprint density at radius 3 is 2.59 bits per heavy atom. The van der Waals surface area contributed by atoms with Crippen molar-refractivity contribution in [2.24, 2.45) is 0 Å². The summed E-state index contributed by atoms with van der Waals surface area (Å²) in [5, 5.41) is 11.7. The Morgan fingerprint density at radius 2 is 2.06 bits per heavy atom. The van der Waals surface area contributed by atoms with E-state index in [1.807, 2.05) is 0 Å². The number of aliphatic hydroxyl groups is 1. The van der Waals surface area contributed by atoms with Crippen LogP contribution in [0.25, 0.3) is 0 Å². The molecule has 2 rings (SSSR count). The topological polar surface area (TPSA) is 49.3 Å². The zero-order chi connectivity index (χ0) is 12.5. The van der Waals surface area contributed by atoms with Gasteiger partial charge < -0.3 is 10.4 Å². The van der Waals surface area contributed by atoms with Crippen LogP contribution in [0.1, 0.15) is 18.4 Å². The highest BCUT2D eigenvalue weighted by Crippen LogP contribution is 2.34. The molecule has 1 aliphatic carbocycles. The molecule has 0 saturated heterocycles. The average Bonchev–Trinajstić information content (AvgIpc) is 3.04. The molecule has 1 saturated carbocycles. The summed E-state index contributed by atoms with van der Waals surface area (Å²) in [5.74, 6) is -2.18. The van der Waals surface area contributed by atoms with Crippen LogP contribution in [0, 0.1) is 11.6 Å². The maximum absolute atomic E-state index is 12.9. The first-order chi connectivity index (χ1) is 8.04. The second-order valence-electron chi connectivity index (χ2n) is 4.41. The highest BCUT2D eigenvalue weighted by Gasteiger charge is 2.43. The molecule has 5 heteroatoms. The largest absolute Gasteiger partial charge is 0.394 e. The molecule has 0 atom stereocenters. The van der Waals surface area contributed by atoms with Crippen LogP contribution in [0.2, 0.25) is 0 Å². The SMILES string of the molecule is O=C(Cc1ccc(F)c(F)c1)NC1(CO)CC1. The highest BCUT2D eigenvalue weighted by atomic mass is 19.2. The number of aliphatic hydroxyl groups excluding tert-OH is 1. The second-order valence-corrected chi connectivity index (χ2v) is 4.41. The third-order valence-electron chi connectivity index (χ3n) is 2.91. The minimum absolute atomic E-state index is 0.0149. The van der Waals surface area contributed by atoms with Crippen LogP contribution in [-0.4, -0.2) is 23.2 Å². The fourth-order valence-electron chi connectivity index (χ4n) is 1.65. The second kappa shape index (κ2) is 4.41. The summed E-state index contributed by atoms with van der Waals surface area (Å²) in [5.41, 5.74) is -0.0644. The van der Waals surface area contributed by atoms with Gasteiger partial charge in [-0.3, -0.25) is 4.79 Å². The lowest BCUT2D eigenvalue weighted by molar-refractivity contribution is -0.121. The number of nitrogens with one attached hydrogen (secondary N) is 1. The third-order valence-corrected chi connectivity index (χ3v) is 2.91. The summed E-state index contributed by atoms with van der Waals surface area (Å²) in [7, 11) is 0. The first-order valence-corrected chi connectivity index (χ1v) is 5.40. The zero-order valence-electron chi connectivity index (χ0n) is 9.17. The van der Waals surface area contributed by atoms with Crippen molar-refractivity contribution in [2.75, 3.05) is 6.61 Å². The van der Waals surface area contributed by atoms with E-state index in [1.54, 1.807) is 0 Å². The molecule has 0 unspecified atom stereocenters. The van der Waals surface area contributed by atoms with Crippen LogP contribution in [0.4, 0.5) is 8.78 Å². The van der Waals surface area contributed by atoms with E-state index in [9.17, 15) is 13.6 Å². The van der Waals surface area contributed by atoms with Crippen molar-refractivity contribution in [1.82, 2.24) is 5.32 Å². The summed E-state index contributed by atoms with van der Waals surface area (Å²) in [6.45, 7) is -0.0868. The predicted octanol–water partition coefficient (Wildman–Crippen LogP) is 1.15. The molecule has 0 bridgehead atoms.